The average molecular weight is 311 g/mol. The van der Waals surface area contributed by atoms with Crippen molar-refractivity contribution in [1.82, 2.24) is 5.32 Å². The highest BCUT2D eigenvalue weighted by molar-refractivity contribution is 5.84. The van der Waals surface area contributed by atoms with E-state index in [9.17, 15) is 14.7 Å². The molecular weight excluding hydrogens is 282 g/mol. The molecule has 1 amide bonds. The van der Waals surface area contributed by atoms with Gasteiger partial charge in [-0.05, 0) is 38.5 Å². The van der Waals surface area contributed by atoms with E-state index in [0.29, 0.717) is 18.8 Å². The second kappa shape index (κ2) is 8.06. The van der Waals surface area contributed by atoms with Gasteiger partial charge in [0.1, 0.15) is 5.78 Å². The van der Waals surface area contributed by atoms with Crippen molar-refractivity contribution in [3.05, 3.63) is 0 Å². The maximum Gasteiger partial charge on any atom is 0.222 e. The summed E-state index contributed by atoms with van der Waals surface area (Å²) in [5.41, 5.74) is 0. The SMILES string of the molecule is CC(C)C(=O)C1CC(NC(=O)CCOC2CCC(O)CC2)C1. The second-order valence-corrected chi connectivity index (χ2v) is 7.04. The number of nitrogens with one attached hydrogen (secondary N) is 1. The minimum atomic E-state index is -0.178. The third kappa shape index (κ3) is 5.06. The van der Waals surface area contributed by atoms with Crippen molar-refractivity contribution in [2.45, 2.75) is 77.0 Å². The van der Waals surface area contributed by atoms with Crippen LogP contribution in [-0.4, -0.2) is 41.7 Å². The molecule has 0 radical (unpaired) electrons. The predicted octanol–water partition coefficient (Wildman–Crippen LogP) is 1.82. The molecule has 0 bridgehead atoms. The first kappa shape index (κ1) is 17.4. The van der Waals surface area contributed by atoms with Gasteiger partial charge in [0.25, 0.3) is 0 Å². The fourth-order valence-corrected chi connectivity index (χ4v) is 3.27. The summed E-state index contributed by atoms with van der Waals surface area (Å²) in [7, 11) is 0. The van der Waals surface area contributed by atoms with E-state index >= 15 is 0 Å². The lowest BCUT2D eigenvalue weighted by molar-refractivity contribution is -0.131. The van der Waals surface area contributed by atoms with Gasteiger partial charge in [-0.2, -0.15) is 0 Å². The Bertz CT molecular complexity index is 382. The zero-order valence-electron chi connectivity index (χ0n) is 13.7. The number of rotatable bonds is 7. The third-order valence-electron chi connectivity index (χ3n) is 4.80. The van der Waals surface area contributed by atoms with Gasteiger partial charge < -0.3 is 15.2 Å². The van der Waals surface area contributed by atoms with Crippen molar-refractivity contribution in [2.24, 2.45) is 11.8 Å². The van der Waals surface area contributed by atoms with Crippen LogP contribution in [0.4, 0.5) is 0 Å². The topological polar surface area (TPSA) is 75.6 Å². The summed E-state index contributed by atoms with van der Waals surface area (Å²) in [4.78, 5) is 23.6. The summed E-state index contributed by atoms with van der Waals surface area (Å²) in [6.45, 7) is 4.29. The molecule has 5 nitrogen and oxygen atoms in total. The number of Topliss-reactive ketones (excluding diaryl/α,β-unsaturated/α-hetero) is 1. The zero-order chi connectivity index (χ0) is 16.1. The van der Waals surface area contributed by atoms with Crippen LogP contribution in [0.2, 0.25) is 0 Å². The first-order valence-corrected chi connectivity index (χ1v) is 8.58. The van der Waals surface area contributed by atoms with Crippen LogP contribution in [0.1, 0.15) is 58.8 Å². The molecule has 0 aliphatic heterocycles. The zero-order valence-corrected chi connectivity index (χ0v) is 13.7. The summed E-state index contributed by atoms with van der Waals surface area (Å²) in [5, 5.41) is 12.4. The molecule has 2 fully saturated rings. The van der Waals surface area contributed by atoms with Crippen LogP contribution < -0.4 is 5.32 Å². The van der Waals surface area contributed by atoms with Crippen LogP contribution in [0, 0.1) is 11.8 Å². The Labute approximate surface area is 132 Å². The van der Waals surface area contributed by atoms with E-state index in [-0.39, 0.29) is 36.0 Å². The normalized spacial score (nSPS) is 31.6. The molecule has 5 heteroatoms. The van der Waals surface area contributed by atoms with Gasteiger partial charge in [-0.3, -0.25) is 9.59 Å². The fourth-order valence-electron chi connectivity index (χ4n) is 3.27. The summed E-state index contributed by atoms with van der Waals surface area (Å²) in [6.07, 6.45) is 5.30. The van der Waals surface area contributed by atoms with Crippen molar-refractivity contribution in [2.75, 3.05) is 6.61 Å². The van der Waals surface area contributed by atoms with Gasteiger partial charge in [0, 0.05) is 24.3 Å². The molecular formula is C17H29NO4. The molecule has 0 aromatic carbocycles. The molecule has 126 valence electrons. The summed E-state index contributed by atoms with van der Waals surface area (Å²) >= 11 is 0. The molecule has 2 N–H and O–H groups in total. The lowest BCUT2D eigenvalue weighted by atomic mass is 9.75. The average Bonchev–Trinajstić information content (AvgIpc) is 2.43. The Balaban J connectivity index is 1.53. The van der Waals surface area contributed by atoms with Gasteiger partial charge in [0.2, 0.25) is 5.91 Å². The number of aliphatic hydroxyl groups is 1. The van der Waals surface area contributed by atoms with E-state index in [1.807, 2.05) is 13.8 Å². The van der Waals surface area contributed by atoms with Crippen molar-refractivity contribution < 1.29 is 19.4 Å². The van der Waals surface area contributed by atoms with Crippen molar-refractivity contribution in [3.8, 4) is 0 Å². The molecule has 0 unspecified atom stereocenters. The van der Waals surface area contributed by atoms with E-state index in [0.717, 1.165) is 38.5 Å². The fraction of sp³-hybridized carbons (Fsp3) is 0.882. The molecule has 0 atom stereocenters. The summed E-state index contributed by atoms with van der Waals surface area (Å²) in [6, 6.07) is 0.157. The standard InChI is InChI=1S/C17H29NO4/c1-11(2)17(21)12-9-13(10-12)18-16(20)7-8-22-15-5-3-14(19)4-6-15/h11-15,19H,3-10H2,1-2H3,(H,18,20). The molecule has 0 aromatic rings. The Morgan fingerprint density at radius 3 is 2.41 bits per heavy atom. The molecule has 0 saturated heterocycles. The van der Waals surface area contributed by atoms with Crippen LogP contribution in [0.3, 0.4) is 0 Å². The van der Waals surface area contributed by atoms with Gasteiger partial charge in [0.05, 0.1) is 18.8 Å². The smallest absolute Gasteiger partial charge is 0.222 e. The molecule has 0 spiro atoms. The number of hydrogen-bond acceptors (Lipinski definition) is 4. The number of aliphatic hydroxyl groups excluding tert-OH is 1. The molecule has 2 aliphatic rings. The van der Waals surface area contributed by atoms with Crippen LogP contribution >= 0.6 is 0 Å². The highest BCUT2D eigenvalue weighted by atomic mass is 16.5. The van der Waals surface area contributed by atoms with Crippen molar-refractivity contribution >= 4 is 11.7 Å². The first-order chi connectivity index (χ1) is 10.5. The number of ketones is 1. The molecule has 0 aromatic heterocycles. The Kier molecular flexibility index (Phi) is 6.38. The minimum absolute atomic E-state index is 0.0105. The molecule has 2 rings (SSSR count). The first-order valence-electron chi connectivity index (χ1n) is 8.58. The van der Waals surface area contributed by atoms with Crippen LogP contribution in [-0.2, 0) is 14.3 Å². The van der Waals surface area contributed by atoms with Crippen molar-refractivity contribution in [1.29, 1.82) is 0 Å². The lowest BCUT2D eigenvalue weighted by Gasteiger charge is -2.35. The van der Waals surface area contributed by atoms with Crippen LogP contribution in [0.15, 0.2) is 0 Å². The Hall–Kier alpha value is -0.940. The second-order valence-electron chi connectivity index (χ2n) is 7.04. The van der Waals surface area contributed by atoms with Crippen LogP contribution in [0.5, 0.6) is 0 Å². The number of hydrogen-bond donors (Lipinski definition) is 2. The Morgan fingerprint density at radius 2 is 1.82 bits per heavy atom. The minimum Gasteiger partial charge on any atom is -0.393 e. The van der Waals surface area contributed by atoms with Gasteiger partial charge in [-0.25, -0.2) is 0 Å². The van der Waals surface area contributed by atoms with Gasteiger partial charge >= 0.3 is 0 Å². The number of ether oxygens (including phenoxy) is 1. The quantitative estimate of drug-likeness (QED) is 0.752. The summed E-state index contributed by atoms with van der Waals surface area (Å²) in [5.74, 6) is 0.545. The van der Waals surface area contributed by atoms with Crippen molar-refractivity contribution in [3.63, 3.8) is 0 Å². The molecule has 2 saturated carbocycles. The molecule has 2 aliphatic carbocycles. The molecule has 0 heterocycles. The number of carbonyl (C=O) groups excluding carboxylic acids is 2. The van der Waals surface area contributed by atoms with E-state index in [2.05, 4.69) is 5.32 Å². The van der Waals surface area contributed by atoms with Gasteiger partial charge in [0.15, 0.2) is 0 Å². The monoisotopic (exact) mass is 311 g/mol. The van der Waals surface area contributed by atoms with E-state index in [1.54, 1.807) is 0 Å². The van der Waals surface area contributed by atoms with E-state index in [1.165, 1.54) is 0 Å². The maximum atomic E-state index is 11.8. The van der Waals surface area contributed by atoms with Gasteiger partial charge in [-0.15, -0.1) is 0 Å². The van der Waals surface area contributed by atoms with E-state index in [4.69, 9.17) is 4.74 Å². The Morgan fingerprint density at radius 1 is 1.18 bits per heavy atom. The predicted molar refractivity (Wildman–Crippen MR) is 83.3 cm³/mol. The largest absolute Gasteiger partial charge is 0.393 e. The lowest BCUT2D eigenvalue weighted by Crippen LogP contribution is -2.47. The van der Waals surface area contributed by atoms with Gasteiger partial charge in [-0.1, -0.05) is 13.8 Å². The third-order valence-corrected chi connectivity index (χ3v) is 4.80. The van der Waals surface area contributed by atoms with Crippen LogP contribution in [0.25, 0.3) is 0 Å². The summed E-state index contributed by atoms with van der Waals surface area (Å²) < 4.78 is 5.70. The molecule has 22 heavy (non-hydrogen) atoms. The highest BCUT2D eigenvalue weighted by Gasteiger charge is 2.35. The van der Waals surface area contributed by atoms with E-state index < -0.39 is 0 Å². The number of amides is 1. The highest BCUT2D eigenvalue weighted by Crippen LogP contribution is 2.30. The number of carbonyl (C=O) groups is 2. The maximum absolute atomic E-state index is 11.8.